The Morgan fingerprint density at radius 1 is 1.04 bits per heavy atom. The predicted molar refractivity (Wildman–Crippen MR) is 183 cm³/mol. The number of carbonyl (C=O) groups excluding carboxylic acids is 1. The summed E-state index contributed by atoms with van der Waals surface area (Å²) in [6.45, 7) is 21.5. The molecule has 0 amide bonds. The third kappa shape index (κ3) is 4.83. The first-order chi connectivity index (χ1) is 23.0. The lowest BCUT2D eigenvalue weighted by Crippen LogP contribution is -2.60. The van der Waals surface area contributed by atoms with E-state index in [1.165, 1.54) is 25.7 Å². The molecule has 0 aromatic carbocycles. The number of fused-ring (bicyclic) bond motifs is 4. The molecule has 3 heterocycles. The maximum atomic E-state index is 12.6. The third-order valence-electron chi connectivity index (χ3n) is 16.9. The molecule has 0 aromatic heterocycles. The highest BCUT2D eigenvalue weighted by molar-refractivity contribution is 5.69. The van der Waals surface area contributed by atoms with E-state index in [0.29, 0.717) is 29.7 Å². The molecule has 3 aliphatic heterocycles. The quantitative estimate of drug-likeness (QED) is 0.344. The largest absolute Gasteiger partial charge is 0.457 e. The van der Waals surface area contributed by atoms with Crippen LogP contribution in [-0.2, 0) is 28.5 Å². The summed E-state index contributed by atoms with van der Waals surface area (Å²) >= 11 is 0. The average molecular weight is 688 g/mol. The summed E-state index contributed by atoms with van der Waals surface area (Å²) in [5.74, 6) is 1.21. The molecule has 3 unspecified atom stereocenters. The maximum Gasteiger partial charge on any atom is 0.305 e. The van der Waals surface area contributed by atoms with Crippen LogP contribution < -0.4 is 0 Å². The lowest BCUT2D eigenvalue weighted by molar-refractivity contribution is -0.256. The van der Waals surface area contributed by atoms with Gasteiger partial charge in [-0.05, 0) is 111 Å². The molecule has 49 heavy (non-hydrogen) atoms. The number of ether oxygens (including phenoxy) is 5. The Bertz CT molecular complexity index is 1300. The number of carbonyl (C=O) groups is 1. The summed E-state index contributed by atoms with van der Waals surface area (Å²) in [6.07, 6.45) is 7.02. The van der Waals surface area contributed by atoms with E-state index in [4.69, 9.17) is 23.7 Å². The Hall–Kier alpha value is -0.810. The van der Waals surface area contributed by atoms with Gasteiger partial charge in [-0.25, -0.2) is 0 Å². The van der Waals surface area contributed by atoms with Gasteiger partial charge in [-0.2, -0.15) is 0 Å². The van der Waals surface area contributed by atoms with Gasteiger partial charge in [-0.1, -0.05) is 41.5 Å². The number of hydrogen-bond acceptors (Lipinski definition) is 9. The SMILES string of the molecule is CCC(=O)O[C@@H](C1C[C@@H](C)[C@H]2C(O1)[C@H](O)[C@@]1(C)C3CC[C@H]4C(C)(C)[C@@H](O[C@H]5CN(C6COC6)CCO5)CC[C@@]45C[C@@]35CC[C@]21C)C(C)(C)O. The number of aliphatic hydroxyl groups excluding tert-OH is 1. The summed E-state index contributed by atoms with van der Waals surface area (Å²) in [6, 6.07) is 0.508. The normalized spacial score (nSPS) is 51.3. The van der Waals surface area contributed by atoms with Gasteiger partial charge in [-0.3, -0.25) is 9.69 Å². The molecule has 5 aliphatic carbocycles. The van der Waals surface area contributed by atoms with Gasteiger partial charge in [0.1, 0.15) is 0 Å². The molecule has 9 heteroatoms. The topological polar surface area (TPSA) is 107 Å². The molecule has 0 bridgehead atoms. The predicted octanol–water partition coefficient (Wildman–Crippen LogP) is 5.33. The van der Waals surface area contributed by atoms with Crippen LogP contribution in [0, 0.1) is 50.7 Å². The minimum atomic E-state index is -1.25. The van der Waals surface area contributed by atoms with Crippen molar-refractivity contribution in [2.24, 2.45) is 50.7 Å². The fraction of sp³-hybridized carbons (Fsp3) is 0.975. The summed E-state index contributed by atoms with van der Waals surface area (Å²) in [5.41, 5.74) is -0.949. The molecule has 8 aliphatic rings. The zero-order valence-corrected chi connectivity index (χ0v) is 31.5. The van der Waals surface area contributed by atoms with Crippen molar-refractivity contribution in [1.82, 2.24) is 4.90 Å². The summed E-state index contributed by atoms with van der Waals surface area (Å²) in [5, 5.41) is 23.8. The van der Waals surface area contributed by atoms with E-state index in [1.807, 2.05) is 0 Å². The van der Waals surface area contributed by atoms with E-state index in [1.54, 1.807) is 20.8 Å². The van der Waals surface area contributed by atoms with Crippen LogP contribution in [-0.4, -0.2) is 102 Å². The van der Waals surface area contributed by atoms with Gasteiger partial charge in [0, 0.05) is 18.4 Å². The Kier molecular flexibility index (Phi) is 8.34. The molecule has 14 atom stereocenters. The first-order valence-corrected chi connectivity index (χ1v) is 19.9. The second-order valence-corrected chi connectivity index (χ2v) is 19.6. The van der Waals surface area contributed by atoms with Crippen LogP contribution in [0.2, 0.25) is 0 Å². The summed E-state index contributed by atoms with van der Waals surface area (Å²) in [7, 11) is 0. The average Bonchev–Trinajstić information content (AvgIpc) is 3.64. The van der Waals surface area contributed by atoms with Crippen molar-refractivity contribution in [3.05, 3.63) is 0 Å². The molecule has 278 valence electrons. The smallest absolute Gasteiger partial charge is 0.305 e. The molecule has 8 rings (SSSR count). The van der Waals surface area contributed by atoms with Crippen LogP contribution >= 0.6 is 0 Å². The van der Waals surface area contributed by atoms with E-state index >= 15 is 0 Å². The van der Waals surface area contributed by atoms with Crippen molar-refractivity contribution in [3.8, 4) is 0 Å². The second kappa shape index (κ2) is 11.6. The van der Waals surface area contributed by atoms with Gasteiger partial charge in [0.15, 0.2) is 12.4 Å². The van der Waals surface area contributed by atoms with Crippen molar-refractivity contribution in [2.75, 3.05) is 32.9 Å². The molecule has 2 spiro atoms. The molecular formula is C40H65NO8. The lowest BCUT2D eigenvalue weighted by Gasteiger charge is -2.64. The standard InChI is InChI=1S/C40H65NO8/c1-9-29(42)49-34(36(5,6)44)25-18-23(2)31-32(47-25)33(43)38(8)27-11-10-26-35(3,4)28(48-30-19-41(16-17-46-30)24-20-45-21-24)12-13-39(26)22-40(27,39)15-14-37(31,38)7/h23-28,30-34,43-44H,9-22H2,1-8H3/t23-,25?,26+,27?,28+,30+,31+,32?,33+,34+,37-,38-,39-,40+/m1/s1. The van der Waals surface area contributed by atoms with Gasteiger partial charge < -0.3 is 33.9 Å². The van der Waals surface area contributed by atoms with Crippen molar-refractivity contribution in [3.63, 3.8) is 0 Å². The molecule has 3 saturated heterocycles. The number of hydrogen-bond donors (Lipinski definition) is 2. The summed E-state index contributed by atoms with van der Waals surface area (Å²) in [4.78, 5) is 15.0. The molecule has 0 aromatic rings. The number of aliphatic hydroxyl groups is 2. The zero-order chi connectivity index (χ0) is 34.9. The molecule has 2 N–H and O–H groups in total. The van der Waals surface area contributed by atoms with E-state index in [2.05, 4.69) is 39.5 Å². The van der Waals surface area contributed by atoms with Crippen LogP contribution in [0.3, 0.4) is 0 Å². The van der Waals surface area contributed by atoms with Crippen LogP contribution in [0.4, 0.5) is 0 Å². The van der Waals surface area contributed by atoms with E-state index in [9.17, 15) is 15.0 Å². The van der Waals surface area contributed by atoms with E-state index in [0.717, 1.165) is 52.2 Å². The number of esters is 1. The Morgan fingerprint density at radius 3 is 2.43 bits per heavy atom. The minimum absolute atomic E-state index is 0.0504. The lowest BCUT2D eigenvalue weighted by atomic mass is 9.41. The van der Waals surface area contributed by atoms with Gasteiger partial charge in [0.25, 0.3) is 0 Å². The van der Waals surface area contributed by atoms with E-state index in [-0.39, 0.29) is 64.4 Å². The van der Waals surface area contributed by atoms with Gasteiger partial charge >= 0.3 is 5.97 Å². The van der Waals surface area contributed by atoms with Crippen molar-refractivity contribution < 1.29 is 38.7 Å². The van der Waals surface area contributed by atoms with Crippen molar-refractivity contribution in [2.45, 2.75) is 162 Å². The molecular weight excluding hydrogens is 622 g/mol. The minimum Gasteiger partial charge on any atom is -0.457 e. The first-order valence-electron chi connectivity index (χ1n) is 19.9. The highest BCUT2D eigenvalue weighted by Gasteiger charge is 2.84. The van der Waals surface area contributed by atoms with Crippen LogP contribution in [0.1, 0.15) is 113 Å². The second-order valence-electron chi connectivity index (χ2n) is 19.6. The van der Waals surface area contributed by atoms with Crippen LogP contribution in [0.25, 0.3) is 0 Å². The Morgan fingerprint density at radius 2 is 1.76 bits per heavy atom. The van der Waals surface area contributed by atoms with E-state index < -0.39 is 23.9 Å². The first kappa shape index (κ1) is 35.2. The Balaban J connectivity index is 1.02. The van der Waals surface area contributed by atoms with Gasteiger partial charge in [-0.15, -0.1) is 0 Å². The molecule has 8 fully saturated rings. The molecule has 0 radical (unpaired) electrons. The molecule has 5 saturated carbocycles. The fourth-order valence-electron chi connectivity index (χ4n) is 14.3. The van der Waals surface area contributed by atoms with Crippen LogP contribution in [0.15, 0.2) is 0 Å². The fourth-order valence-corrected chi connectivity index (χ4v) is 14.3. The zero-order valence-electron chi connectivity index (χ0n) is 31.5. The highest BCUT2D eigenvalue weighted by Crippen LogP contribution is 2.89. The summed E-state index contributed by atoms with van der Waals surface area (Å²) < 4.78 is 31.3. The van der Waals surface area contributed by atoms with Crippen molar-refractivity contribution in [1.29, 1.82) is 0 Å². The number of morpholine rings is 1. The van der Waals surface area contributed by atoms with Gasteiger partial charge in [0.2, 0.25) is 0 Å². The Labute approximate surface area is 294 Å². The third-order valence-corrected chi connectivity index (χ3v) is 16.9. The highest BCUT2D eigenvalue weighted by atomic mass is 16.7. The van der Waals surface area contributed by atoms with Crippen LogP contribution in [0.5, 0.6) is 0 Å². The number of rotatable bonds is 7. The maximum absolute atomic E-state index is 12.6. The van der Waals surface area contributed by atoms with Crippen molar-refractivity contribution >= 4 is 5.97 Å². The van der Waals surface area contributed by atoms with Gasteiger partial charge in [0.05, 0.1) is 62.4 Å². The number of nitrogens with zero attached hydrogens (tertiary/aromatic N) is 1. The molecule has 9 nitrogen and oxygen atoms in total. The monoisotopic (exact) mass is 687 g/mol.